The summed E-state index contributed by atoms with van der Waals surface area (Å²) >= 11 is 6.79. The number of ether oxygens (including phenoxy) is 2. The number of carbonyl (C=O) groups is 1. The number of methoxy groups -OCH3 is 1. The van der Waals surface area contributed by atoms with Crippen LogP contribution in [0, 0.1) is 17.8 Å². The second-order valence-electron chi connectivity index (χ2n) is 12.5. The zero-order valence-electron chi connectivity index (χ0n) is 25.0. The summed E-state index contributed by atoms with van der Waals surface area (Å²) < 4.78 is 12.0. The number of nitrogens with zero attached hydrogens (tertiary/aromatic N) is 1. The monoisotopic (exact) mass is 570 g/mol. The number of rotatable bonds is 13. The molecule has 0 aromatic rings. The van der Waals surface area contributed by atoms with Crippen molar-refractivity contribution in [2.24, 2.45) is 17.8 Å². The van der Waals surface area contributed by atoms with Crippen molar-refractivity contribution in [3.8, 4) is 0 Å². The second-order valence-corrected chi connectivity index (χ2v) is 13.1. The Bertz CT molecular complexity index is 759. The minimum atomic E-state index is -0.173. The van der Waals surface area contributed by atoms with Crippen LogP contribution in [0.2, 0.25) is 0 Å². The van der Waals surface area contributed by atoms with E-state index in [2.05, 4.69) is 58.8 Å². The number of halogens is 1. The number of carbonyl (C=O) groups excluding carboxylic acids is 1. The molecule has 1 aliphatic heterocycles. The van der Waals surface area contributed by atoms with Crippen molar-refractivity contribution in [3.05, 3.63) is 12.7 Å². The van der Waals surface area contributed by atoms with Crippen LogP contribution in [0.15, 0.2) is 12.7 Å². The number of hydrogen-bond donors (Lipinski definition) is 5. The van der Waals surface area contributed by atoms with Crippen LogP contribution in [-0.2, 0) is 14.3 Å². The van der Waals surface area contributed by atoms with Crippen LogP contribution in [-0.4, -0.2) is 99.9 Å². The Labute approximate surface area is 241 Å². The molecule has 0 spiro atoms. The summed E-state index contributed by atoms with van der Waals surface area (Å²) in [6.45, 7) is 12.6. The smallest absolute Gasteiger partial charge is 0.243 e. The first kappa shape index (κ1) is 32.7. The molecule has 5 N–H and O–H groups in total. The Hall–Kier alpha value is -0.780. The van der Waals surface area contributed by atoms with Crippen LogP contribution in [0.25, 0.3) is 0 Å². The molecule has 39 heavy (non-hydrogen) atoms. The third kappa shape index (κ3) is 9.92. The zero-order valence-corrected chi connectivity index (χ0v) is 25.8. The van der Waals surface area contributed by atoms with E-state index in [9.17, 15) is 4.79 Å². The summed E-state index contributed by atoms with van der Waals surface area (Å²) in [4.78, 5) is 14.5. The molecule has 0 aromatic heterocycles. The average Bonchev–Trinajstić information content (AvgIpc) is 2.88. The Balaban J connectivity index is 1.63. The van der Waals surface area contributed by atoms with Crippen molar-refractivity contribution in [3.63, 3.8) is 0 Å². The number of likely N-dealkylation sites (N-methyl/N-ethyl adjacent to an activating group) is 1. The highest BCUT2D eigenvalue weighted by Gasteiger charge is 2.40. The Morgan fingerprint density at radius 1 is 1.15 bits per heavy atom. The third-order valence-corrected chi connectivity index (χ3v) is 9.13. The lowest BCUT2D eigenvalue weighted by Crippen LogP contribution is -2.72. The standard InChI is InChI=1S/C29H55ClN6O3/c1-8-27(37)32-25-14-24(19(4)13-26(25)39-20(17-38-7)16-36(5)6)34-29-31-15-22(30)28(35-29)33-23-12-10-9-11-21(23)18(2)3/h8,18-26,28-29,31,33-35H,1,9-17H2,2-7H3,(H,32,37). The lowest BCUT2D eigenvalue weighted by atomic mass is 9.77. The molecule has 1 saturated heterocycles. The normalized spacial score (nSPS) is 36.6. The number of hydrogen-bond acceptors (Lipinski definition) is 8. The molecule has 10 heteroatoms. The first-order chi connectivity index (χ1) is 18.6. The molecule has 1 amide bonds. The molecule has 9 nitrogen and oxygen atoms in total. The van der Waals surface area contributed by atoms with Crippen molar-refractivity contribution in [1.82, 2.24) is 31.5 Å². The van der Waals surface area contributed by atoms with E-state index in [0.717, 1.165) is 25.9 Å². The molecule has 10 unspecified atom stereocenters. The fraction of sp³-hybridized carbons (Fsp3) is 0.897. The van der Waals surface area contributed by atoms with Crippen LogP contribution >= 0.6 is 11.6 Å². The highest BCUT2D eigenvalue weighted by molar-refractivity contribution is 6.21. The molecule has 2 aliphatic carbocycles. The minimum absolute atomic E-state index is 0.0295. The zero-order chi connectivity index (χ0) is 28.5. The van der Waals surface area contributed by atoms with Gasteiger partial charge in [-0.3, -0.25) is 26.1 Å². The minimum Gasteiger partial charge on any atom is -0.382 e. The summed E-state index contributed by atoms with van der Waals surface area (Å²) in [6, 6.07) is 0.548. The first-order valence-electron chi connectivity index (χ1n) is 15.0. The van der Waals surface area contributed by atoms with Gasteiger partial charge in [-0.1, -0.05) is 40.2 Å². The molecule has 226 valence electrons. The number of nitrogens with one attached hydrogen (secondary N) is 5. The Morgan fingerprint density at radius 2 is 1.90 bits per heavy atom. The maximum absolute atomic E-state index is 12.3. The van der Waals surface area contributed by atoms with Gasteiger partial charge < -0.3 is 19.7 Å². The van der Waals surface area contributed by atoms with E-state index in [1.165, 1.54) is 31.8 Å². The summed E-state index contributed by atoms with van der Waals surface area (Å²) in [5.74, 6) is 1.52. The summed E-state index contributed by atoms with van der Waals surface area (Å²) in [5.41, 5.74) is 0. The number of amides is 1. The highest BCUT2D eigenvalue weighted by atomic mass is 35.5. The van der Waals surface area contributed by atoms with Gasteiger partial charge in [0.25, 0.3) is 0 Å². The van der Waals surface area contributed by atoms with Gasteiger partial charge in [0.05, 0.1) is 36.4 Å². The van der Waals surface area contributed by atoms with Crippen molar-refractivity contribution in [2.45, 2.75) is 107 Å². The maximum Gasteiger partial charge on any atom is 0.243 e. The van der Waals surface area contributed by atoms with Gasteiger partial charge >= 0.3 is 0 Å². The fourth-order valence-corrected chi connectivity index (χ4v) is 6.90. The van der Waals surface area contributed by atoms with Crippen molar-refractivity contribution in [1.29, 1.82) is 0 Å². The molecule has 2 saturated carbocycles. The third-order valence-electron chi connectivity index (χ3n) is 8.72. The lowest BCUT2D eigenvalue weighted by molar-refractivity contribution is -0.123. The topological polar surface area (TPSA) is 98.9 Å². The van der Waals surface area contributed by atoms with Crippen LogP contribution in [0.4, 0.5) is 0 Å². The predicted molar refractivity (Wildman–Crippen MR) is 159 cm³/mol. The van der Waals surface area contributed by atoms with Crippen LogP contribution in [0.5, 0.6) is 0 Å². The van der Waals surface area contributed by atoms with E-state index in [4.69, 9.17) is 21.1 Å². The molecule has 0 bridgehead atoms. The van der Waals surface area contributed by atoms with Crippen molar-refractivity contribution >= 4 is 17.5 Å². The Morgan fingerprint density at radius 3 is 2.56 bits per heavy atom. The largest absolute Gasteiger partial charge is 0.382 e. The maximum atomic E-state index is 12.3. The van der Waals surface area contributed by atoms with Gasteiger partial charge in [-0.25, -0.2) is 0 Å². The number of alkyl halides is 1. The second kappa shape index (κ2) is 16.0. The van der Waals surface area contributed by atoms with Gasteiger partial charge in [0.1, 0.15) is 6.29 Å². The SMILES string of the molecule is C=CC(=O)NC1CC(NC2NCC(Cl)C(NC3CCCCC3C(C)C)N2)C(C)CC1OC(COC)CN(C)C. The highest BCUT2D eigenvalue weighted by Crippen LogP contribution is 2.31. The van der Waals surface area contributed by atoms with Crippen molar-refractivity contribution < 1.29 is 14.3 Å². The molecular weight excluding hydrogens is 516 g/mol. The van der Waals surface area contributed by atoms with E-state index < -0.39 is 0 Å². The first-order valence-corrected chi connectivity index (χ1v) is 15.4. The van der Waals surface area contributed by atoms with E-state index in [-0.39, 0.29) is 48.0 Å². The van der Waals surface area contributed by atoms with Crippen LogP contribution in [0.3, 0.4) is 0 Å². The molecule has 1 heterocycles. The van der Waals surface area contributed by atoms with Crippen molar-refractivity contribution in [2.75, 3.05) is 40.9 Å². The molecule has 0 radical (unpaired) electrons. The van der Waals surface area contributed by atoms with Gasteiger partial charge in [0.15, 0.2) is 0 Å². The van der Waals surface area contributed by atoms with E-state index in [1.807, 2.05) is 14.1 Å². The van der Waals surface area contributed by atoms with Gasteiger partial charge in [0.2, 0.25) is 5.91 Å². The van der Waals surface area contributed by atoms with Gasteiger partial charge in [-0.05, 0) is 63.6 Å². The van der Waals surface area contributed by atoms with E-state index in [1.54, 1.807) is 7.11 Å². The predicted octanol–water partition coefficient (Wildman–Crippen LogP) is 2.22. The van der Waals surface area contributed by atoms with E-state index >= 15 is 0 Å². The molecule has 0 aromatic carbocycles. The molecule has 3 fully saturated rings. The summed E-state index contributed by atoms with van der Waals surface area (Å²) in [6.07, 6.45) is 7.80. The van der Waals surface area contributed by atoms with E-state index in [0.29, 0.717) is 30.4 Å². The van der Waals surface area contributed by atoms with Gasteiger partial charge in [-0.2, -0.15) is 0 Å². The quantitative estimate of drug-likeness (QED) is 0.170. The van der Waals surface area contributed by atoms with Crippen LogP contribution in [0.1, 0.15) is 59.3 Å². The molecular formula is C29H55ClN6O3. The summed E-state index contributed by atoms with van der Waals surface area (Å²) in [5, 5.41) is 18.0. The summed E-state index contributed by atoms with van der Waals surface area (Å²) in [7, 11) is 5.75. The van der Waals surface area contributed by atoms with Crippen LogP contribution < -0.4 is 26.6 Å². The molecule has 10 atom stereocenters. The Kier molecular flexibility index (Phi) is 13.4. The lowest BCUT2D eigenvalue weighted by Gasteiger charge is -2.46. The van der Waals surface area contributed by atoms with Gasteiger partial charge in [0, 0.05) is 32.3 Å². The molecule has 3 rings (SSSR count). The average molecular weight is 571 g/mol. The van der Waals surface area contributed by atoms with Gasteiger partial charge in [-0.15, -0.1) is 11.6 Å². The fourth-order valence-electron chi connectivity index (χ4n) is 6.66. The molecule has 3 aliphatic rings.